The molecule has 2 heterocycles. The van der Waals surface area contributed by atoms with E-state index in [0.29, 0.717) is 18.1 Å². The molecule has 5 nitrogen and oxygen atoms in total. The highest BCUT2D eigenvalue weighted by atomic mass is 16.5. The third kappa shape index (κ3) is 3.53. The highest BCUT2D eigenvalue weighted by Gasteiger charge is 2.25. The van der Waals surface area contributed by atoms with Gasteiger partial charge in [-0.25, -0.2) is 0 Å². The van der Waals surface area contributed by atoms with E-state index in [1.807, 2.05) is 55.4 Å². The Morgan fingerprint density at radius 3 is 2.72 bits per heavy atom. The second-order valence-electron chi connectivity index (χ2n) is 8.01. The monoisotopic (exact) mass is 389 g/mol. The summed E-state index contributed by atoms with van der Waals surface area (Å²) in [6.45, 7) is 4.92. The Morgan fingerprint density at radius 1 is 1.17 bits per heavy atom. The molecule has 2 aromatic carbocycles. The zero-order chi connectivity index (χ0) is 20.5. The topological polar surface area (TPSA) is 54.5 Å². The normalized spacial score (nSPS) is 15.7. The van der Waals surface area contributed by atoms with Crippen LogP contribution in [-0.4, -0.2) is 31.6 Å². The van der Waals surface area contributed by atoms with Crippen molar-refractivity contribution in [1.82, 2.24) is 10.3 Å². The molecule has 29 heavy (non-hydrogen) atoms. The minimum atomic E-state index is -0.111. The van der Waals surface area contributed by atoms with Crippen LogP contribution in [0.4, 0.5) is 5.69 Å². The number of nitrogens with one attached hydrogen (secondary N) is 1. The van der Waals surface area contributed by atoms with E-state index in [0.717, 1.165) is 34.3 Å². The van der Waals surface area contributed by atoms with Crippen molar-refractivity contribution >= 4 is 22.5 Å². The van der Waals surface area contributed by atoms with Gasteiger partial charge in [0.25, 0.3) is 5.91 Å². The zero-order valence-corrected chi connectivity index (χ0v) is 17.4. The fraction of sp³-hybridized carbons (Fsp3) is 0.333. The largest absolute Gasteiger partial charge is 0.493 e. The highest BCUT2D eigenvalue weighted by molar-refractivity contribution is 6.08. The van der Waals surface area contributed by atoms with Gasteiger partial charge in [-0.15, -0.1) is 0 Å². The van der Waals surface area contributed by atoms with E-state index in [2.05, 4.69) is 25.2 Å². The standard InChI is InChI=1S/C24H27N3O2/c1-15(2)16-9-7-10-18-22(16)25-14-19(23(18)27(3)4)24(28)26-20-12-13-29-21-11-6-5-8-17(20)21/h5-11,14-15,20H,12-13H2,1-4H3,(H,26,28). The van der Waals surface area contributed by atoms with Crippen LogP contribution in [0, 0.1) is 0 Å². The Hall–Kier alpha value is -3.08. The van der Waals surface area contributed by atoms with Crippen LogP contribution in [-0.2, 0) is 0 Å². The van der Waals surface area contributed by atoms with Crippen LogP contribution in [0.3, 0.4) is 0 Å². The zero-order valence-electron chi connectivity index (χ0n) is 17.4. The van der Waals surface area contributed by atoms with E-state index < -0.39 is 0 Å². The quantitative estimate of drug-likeness (QED) is 0.704. The number of anilines is 1. The second-order valence-corrected chi connectivity index (χ2v) is 8.01. The van der Waals surface area contributed by atoms with Crippen molar-refractivity contribution in [2.45, 2.75) is 32.2 Å². The van der Waals surface area contributed by atoms with Gasteiger partial charge in [0, 0.05) is 37.7 Å². The summed E-state index contributed by atoms with van der Waals surface area (Å²) in [4.78, 5) is 20.0. The van der Waals surface area contributed by atoms with Crippen molar-refractivity contribution in [2.24, 2.45) is 0 Å². The van der Waals surface area contributed by atoms with Gasteiger partial charge in [0.1, 0.15) is 5.75 Å². The van der Waals surface area contributed by atoms with Crippen molar-refractivity contribution in [3.63, 3.8) is 0 Å². The Labute approximate surface area is 171 Å². The number of aromatic nitrogens is 1. The molecule has 0 radical (unpaired) electrons. The molecule has 1 N–H and O–H groups in total. The molecule has 0 spiro atoms. The molecular formula is C24H27N3O2. The summed E-state index contributed by atoms with van der Waals surface area (Å²) in [7, 11) is 3.94. The van der Waals surface area contributed by atoms with Crippen LogP contribution in [0.15, 0.2) is 48.7 Å². The molecule has 1 aliphatic heterocycles. The molecule has 0 aliphatic carbocycles. The summed E-state index contributed by atoms with van der Waals surface area (Å²) >= 11 is 0. The number of carbonyl (C=O) groups is 1. The summed E-state index contributed by atoms with van der Waals surface area (Å²) in [5.41, 5.74) is 4.66. The molecule has 1 amide bonds. The maximum atomic E-state index is 13.3. The van der Waals surface area contributed by atoms with Crippen LogP contribution >= 0.6 is 0 Å². The number of hydrogen-bond donors (Lipinski definition) is 1. The van der Waals surface area contributed by atoms with Crippen molar-refractivity contribution in [3.05, 3.63) is 65.4 Å². The molecule has 0 saturated carbocycles. The number of ether oxygens (including phenoxy) is 1. The molecule has 0 fully saturated rings. The smallest absolute Gasteiger partial charge is 0.255 e. The van der Waals surface area contributed by atoms with E-state index >= 15 is 0 Å². The Morgan fingerprint density at radius 2 is 1.97 bits per heavy atom. The van der Waals surface area contributed by atoms with E-state index in [1.54, 1.807) is 6.20 Å². The van der Waals surface area contributed by atoms with Gasteiger partial charge in [-0.2, -0.15) is 0 Å². The summed E-state index contributed by atoms with van der Waals surface area (Å²) in [6, 6.07) is 14.0. The van der Waals surface area contributed by atoms with E-state index in [9.17, 15) is 4.79 Å². The molecule has 4 rings (SSSR count). The number of para-hydroxylation sites is 2. The van der Waals surface area contributed by atoms with Crippen molar-refractivity contribution in [1.29, 1.82) is 0 Å². The van der Waals surface area contributed by atoms with Gasteiger partial charge in [-0.05, 0) is 17.5 Å². The number of rotatable bonds is 4. The van der Waals surface area contributed by atoms with E-state index in [-0.39, 0.29) is 11.9 Å². The molecule has 1 aromatic heterocycles. The highest BCUT2D eigenvalue weighted by Crippen LogP contribution is 2.35. The maximum Gasteiger partial charge on any atom is 0.255 e. The molecule has 3 aromatic rings. The number of carbonyl (C=O) groups excluding carboxylic acids is 1. The van der Waals surface area contributed by atoms with E-state index in [4.69, 9.17) is 9.72 Å². The summed E-state index contributed by atoms with van der Waals surface area (Å²) in [6.07, 6.45) is 2.46. The Balaban J connectivity index is 1.74. The third-order valence-electron chi connectivity index (χ3n) is 5.48. The average molecular weight is 389 g/mol. The number of benzene rings is 2. The summed E-state index contributed by atoms with van der Waals surface area (Å²) < 4.78 is 5.72. The number of nitrogens with zero attached hydrogens (tertiary/aromatic N) is 2. The molecule has 1 atom stereocenters. The van der Waals surface area contributed by atoms with Crippen LogP contribution in [0.2, 0.25) is 0 Å². The number of fused-ring (bicyclic) bond motifs is 2. The number of amides is 1. The molecule has 150 valence electrons. The first-order valence-corrected chi connectivity index (χ1v) is 10.1. The van der Waals surface area contributed by atoms with Crippen LogP contribution in [0.5, 0.6) is 5.75 Å². The lowest BCUT2D eigenvalue weighted by atomic mass is 9.97. The van der Waals surface area contributed by atoms with Crippen LogP contribution in [0.1, 0.15) is 53.7 Å². The van der Waals surface area contributed by atoms with Crippen molar-refractivity contribution in [2.75, 3.05) is 25.6 Å². The van der Waals surface area contributed by atoms with Crippen LogP contribution in [0.25, 0.3) is 10.9 Å². The maximum absolute atomic E-state index is 13.3. The summed E-state index contributed by atoms with van der Waals surface area (Å²) in [5, 5.41) is 4.20. The lowest BCUT2D eigenvalue weighted by molar-refractivity contribution is 0.0925. The predicted molar refractivity (Wildman–Crippen MR) is 117 cm³/mol. The first kappa shape index (κ1) is 19.2. The summed E-state index contributed by atoms with van der Waals surface area (Å²) in [5.74, 6) is 1.09. The van der Waals surface area contributed by atoms with E-state index in [1.165, 1.54) is 5.56 Å². The molecule has 0 bridgehead atoms. The van der Waals surface area contributed by atoms with Gasteiger partial charge < -0.3 is 15.0 Å². The fourth-order valence-electron chi connectivity index (χ4n) is 4.07. The minimum Gasteiger partial charge on any atom is -0.493 e. The van der Waals surface area contributed by atoms with Gasteiger partial charge in [0.2, 0.25) is 0 Å². The van der Waals surface area contributed by atoms with Gasteiger partial charge >= 0.3 is 0 Å². The van der Waals surface area contributed by atoms with Gasteiger partial charge in [-0.3, -0.25) is 9.78 Å². The molecule has 0 saturated heterocycles. The predicted octanol–water partition coefficient (Wildman–Crippen LogP) is 4.68. The van der Waals surface area contributed by atoms with Crippen molar-refractivity contribution in [3.8, 4) is 5.75 Å². The fourth-order valence-corrected chi connectivity index (χ4v) is 4.07. The average Bonchev–Trinajstić information content (AvgIpc) is 2.72. The number of pyridine rings is 1. The van der Waals surface area contributed by atoms with Gasteiger partial charge in [-0.1, -0.05) is 50.2 Å². The lowest BCUT2D eigenvalue weighted by Gasteiger charge is -2.27. The SMILES string of the molecule is CC(C)c1cccc2c(N(C)C)c(C(=O)NC3CCOc4ccccc43)cnc12. The van der Waals surface area contributed by atoms with Gasteiger partial charge in [0.15, 0.2) is 0 Å². The first-order chi connectivity index (χ1) is 14.0. The Kier molecular flexibility index (Phi) is 5.14. The molecule has 5 heteroatoms. The van der Waals surface area contributed by atoms with Gasteiger partial charge in [0.05, 0.1) is 29.4 Å². The molecular weight excluding hydrogens is 362 g/mol. The molecule has 1 aliphatic rings. The molecule has 1 unspecified atom stereocenters. The lowest BCUT2D eigenvalue weighted by Crippen LogP contribution is -2.33. The van der Waals surface area contributed by atoms with Crippen LogP contribution < -0.4 is 15.0 Å². The Bertz CT molecular complexity index is 1060. The van der Waals surface area contributed by atoms with Crippen molar-refractivity contribution < 1.29 is 9.53 Å². The third-order valence-corrected chi connectivity index (χ3v) is 5.48. The second kappa shape index (κ2) is 7.74. The number of hydrogen-bond acceptors (Lipinski definition) is 4. The minimum absolute atomic E-state index is 0.0693. The first-order valence-electron chi connectivity index (χ1n) is 10.1.